The van der Waals surface area contributed by atoms with E-state index in [1.54, 1.807) is 0 Å². The number of amides is 1. The Hall–Kier alpha value is -2.19. The fourth-order valence-electron chi connectivity index (χ4n) is 2.74. The van der Waals surface area contributed by atoms with E-state index in [-0.39, 0.29) is 5.91 Å². The van der Waals surface area contributed by atoms with E-state index in [1.807, 2.05) is 66.7 Å². The lowest BCUT2D eigenvalue weighted by Crippen LogP contribution is -2.14. The maximum Gasteiger partial charge on any atom is 0.228 e. The number of halogens is 2. The standard InChI is InChI=1S/C21H14BrIN2O2/c22-15-6-4-13(5-7-15)10-20(26)24-17-8-9-19-18(12-17)25-21(27-19)14-2-1-3-16(23)11-14/h1-9,11-12H,10H2,(H,24,26). The first-order valence-electron chi connectivity index (χ1n) is 8.28. The second-order valence-electron chi connectivity index (χ2n) is 6.06. The molecule has 27 heavy (non-hydrogen) atoms. The fourth-order valence-corrected chi connectivity index (χ4v) is 3.55. The first kappa shape index (κ1) is 18.2. The molecule has 0 radical (unpaired) electrons. The normalized spacial score (nSPS) is 10.9. The Balaban J connectivity index is 1.53. The molecule has 1 aromatic heterocycles. The lowest BCUT2D eigenvalue weighted by molar-refractivity contribution is -0.115. The van der Waals surface area contributed by atoms with Crippen LogP contribution in [0.4, 0.5) is 5.69 Å². The van der Waals surface area contributed by atoms with Crippen molar-refractivity contribution in [2.75, 3.05) is 5.32 Å². The van der Waals surface area contributed by atoms with E-state index >= 15 is 0 Å². The minimum absolute atomic E-state index is 0.0713. The average molecular weight is 533 g/mol. The third kappa shape index (κ3) is 4.39. The Morgan fingerprint density at radius 2 is 1.89 bits per heavy atom. The van der Waals surface area contributed by atoms with Gasteiger partial charge in [0.25, 0.3) is 0 Å². The van der Waals surface area contributed by atoms with E-state index in [0.29, 0.717) is 29.1 Å². The van der Waals surface area contributed by atoms with Gasteiger partial charge >= 0.3 is 0 Å². The topological polar surface area (TPSA) is 55.1 Å². The monoisotopic (exact) mass is 532 g/mol. The smallest absolute Gasteiger partial charge is 0.228 e. The number of fused-ring (bicyclic) bond motifs is 1. The third-order valence-electron chi connectivity index (χ3n) is 4.02. The van der Waals surface area contributed by atoms with Crippen molar-refractivity contribution in [2.45, 2.75) is 6.42 Å². The zero-order valence-corrected chi connectivity index (χ0v) is 17.8. The molecule has 0 atom stereocenters. The van der Waals surface area contributed by atoms with Gasteiger partial charge in [-0.15, -0.1) is 0 Å². The number of carbonyl (C=O) groups excluding carboxylic acids is 1. The molecule has 4 nitrogen and oxygen atoms in total. The lowest BCUT2D eigenvalue weighted by atomic mass is 10.1. The van der Waals surface area contributed by atoms with Crippen molar-refractivity contribution >= 4 is 61.2 Å². The molecule has 0 unspecified atom stereocenters. The van der Waals surface area contributed by atoms with Gasteiger partial charge in [0.15, 0.2) is 5.58 Å². The van der Waals surface area contributed by atoms with Gasteiger partial charge in [0.05, 0.1) is 6.42 Å². The molecule has 1 amide bonds. The summed E-state index contributed by atoms with van der Waals surface area (Å²) in [5.41, 5.74) is 3.99. The van der Waals surface area contributed by atoms with Crippen LogP contribution < -0.4 is 5.32 Å². The molecule has 134 valence electrons. The molecule has 0 bridgehead atoms. The van der Waals surface area contributed by atoms with Crippen LogP contribution >= 0.6 is 38.5 Å². The molecular weight excluding hydrogens is 519 g/mol. The summed E-state index contributed by atoms with van der Waals surface area (Å²) >= 11 is 5.65. The Morgan fingerprint density at radius 1 is 1.07 bits per heavy atom. The second kappa shape index (κ2) is 7.82. The van der Waals surface area contributed by atoms with E-state index in [9.17, 15) is 4.79 Å². The van der Waals surface area contributed by atoms with Crippen LogP contribution in [-0.4, -0.2) is 10.9 Å². The van der Waals surface area contributed by atoms with E-state index in [1.165, 1.54) is 0 Å². The highest BCUT2D eigenvalue weighted by Crippen LogP contribution is 2.27. The molecule has 1 N–H and O–H groups in total. The maximum absolute atomic E-state index is 12.3. The predicted octanol–water partition coefficient (Wildman–Crippen LogP) is 6.04. The van der Waals surface area contributed by atoms with Gasteiger partial charge in [-0.2, -0.15) is 0 Å². The van der Waals surface area contributed by atoms with Crippen molar-refractivity contribution in [3.05, 3.63) is 80.3 Å². The summed E-state index contributed by atoms with van der Waals surface area (Å²) in [6.07, 6.45) is 0.317. The Morgan fingerprint density at radius 3 is 2.67 bits per heavy atom. The Labute approximate surface area is 178 Å². The van der Waals surface area contributed by atoms with Crippen molar-refractivity contribution in [3.8, 4) is 11.5 Å². The van der Waals surface area contributed by atoms with E-state index in [4.69, 9.17) is 4.42 Å². The van der Waals surface area contributed by atoms with Crippen molar-refractivity contribution in [2.24, 2.45) is 0 Å². The number of anilines is 1. The van der Waals surface area contributed by atoms with E-state index in [0.717, 1.165) is 19.2 Å². The van der Waals surface area contributed by atoms with Gasteiger partial charge in [-0.25, -0.2) is 4.98 Å². The van der Waals surface area contributed by atoms with Crippen LogP contribution in [0.3, 0.4) is 0 Å². The molecule has 0 aliphatic carbocycles. The van der Waals surface area contributed by atoms with Crippen molar-refractivity contribution < 1.29 is 9.21 Å². The molecule has 4 aromatic rings. The Kier molecular flexibility index (Phi) is 5.27. The quantitative estimate of drug-likeness (QED) is 0.326. The van der Waals surface area contributed by atoms with Gasteiger partial charge in [0, 0.05) is 19.3 Å². The number of oxazole rings is 1. The summed E-state index contributed by atoms with van der Waals surface area (Å²) in [7, 11) is 0. The van der Waals surface area contributed by atoms with Crippen LogP contribution in [0.2, 0.25) is 0 Å². The Bertz CT molecular complexity index is 1120. The summed E-state index contributed by atoms with van der Waals surface area (Å²) in [6, 6.07) is 21.2. The number of benzene rings is 3. The highest BCUT2D eigenvalue weighted by atomic mass is 127. The second-order valence-corrected chi connectivity index (χ2v) is 8.22. The lowest BCUT2D eigenvalue weighted by Gasteiger charge is -2.05. The first-order valence-corrected chi connectivity index (χ1v) is 10.1. The molecule has 0 aliphatic rings. The third-order valence-corrected chi connectivity index (χ3v) is 5.22. The van der Waals surface area contributed by atoms with Gasteiger partial charge in [0.1, 0.15) is 5.52 Å². The zero-order chi connectivity index (χ0) is 18.8. The number of hydrogen-bond acceptors (Lipinski definition) is 3. The largest absolute Gasteiger partial charge is 0.436 e. The minimum Gasteiger partial charge on any atom is -0.436 e. The molecular formula is C21H14BrIN2O2. The number of aromatic nitrogens is 1. The molecule has 4 rings (SSSR count). The molecule has 0 fully saturated rings. The predicted molar refractivity (Wildman–Crippen MR) is 119 cm³/mol. The summed E-state index contributed by atoms with van der Waals surface area (Å²) in [4.78, 5) is 16.9. The highest BCUT2D eigenvalue weighted by Gasteiger charge is 2.10. The van der Waals surface area contributed by atoms with Crippen molar-refractivity contribution in [1.29, 1.82) is 0 Å². The SMILES string of the molecule is O=C(Cc1ccc(Br)cc1)Nc1ccc2oc(-c3cccc(I)c3)nc2c1. The molecule has 0 spiro atoms. The first-order chi connectivity index (χ1) is 13.1. The summed E-state index contributed by atoms with van der Waals surface area (Å²) < 4.78 is 7.96. The zero-order valence-electron chi connectivity index (χ0n) is 14.1. The van der Waals surface area contributed by atoms with Crippen LogP contribution in [0.1, 0.15) is 5.56 Å². The van der Waals surface area contributed by atoms with Crippen molar-refractivity contribution in [1.82, 2.24) is 4.98 Å². The molecule has 0 aliphatic heterocycles. The van der Waals surface area contributed by atoms with Gasteiger partial charge < -0.3 is 9.73 Å². The molecule has 3 aromatic carbocycles. The number of rotatable bonds is 4. The minimum atomic E-state index is -0.0713. The summed E-state index contributed by atoms with van der Waals surface area (Å²) in [6.45, 7) is 0. The van der Waals surface area contributed by atoms with Crippen LogP contribution in [0.5, 0.6) is 0 Å². The molecule has 0 saturated heterocycles. The van der Waals surface area contributed by atoms with Gasteiger partial charge in [-0.3, -0.25) is 4.79 Å². The number of carbonyl (C=O) groups is 1. The average Bonchev–Trinajstić information content (AvgIpc) is 3.07. The van der Waals surface area contributed by atoms with Crippen LogP contribution in [0.15, 0.2) is 75.6 Å². The van der Waals surface area contributed by atoms with Gasteiger partial charge in [0.2, 0.25) is 11.8 Å². The summed E-state index contributed by atoms with van der Waals surface area (Å²) in [5.74, 6) is 0.500. The highest BCUT2D eigenvalue weighted by molar-refractivity contribution is 14.1. The van der Waals surface area contributed by atoms with Gasteiger partial charge in [-0.1, -0.05) is 34.1 Å². The van der Waals surface area contributed by atoms with E-state index in [2.05, 4.69) is 48.8 Å². The fraction of sp³-hybridized carbons (Fsp3) is 0.0476. The number of nitrogens with zero attached hydrogens (tertiary/aromatic N) is 1. The van der Waals surface area contributed by atoms with Crippen LogP contribution in [0, 0.1) is 3.57 Å². The van der Waals surface area contributed by atoms with Crippen molar-refractivity contribution in [3.63, 3.8) is 0 Å². The molecule has 1 heterocycles. The van der Waals surface area contributed by atoms with Gasteiger partial charge in [-0.05, 0) is 76.7 Å². The molecule has 6 heteroatoms. The summed E-state index contributed by atoms with van der Waals surface area (Å²) in [5, 5.41) is 2.92. The van der Waals surface area contributed by atoms with Crippen LogP contribution in [0.25, 0.3) is 22.6 Å². The number of nitrogens with one attached hydrogen (secondary N) is 1. The van der Waals surface area contributed by atoms with E-state index < -0.39 is 0 Å². The maximum atomic E-state index is 12.3. The van der Waals surface area contributed by atoms with Crippen LogP contribution in [-0.2, 0) is 11.2 Å². The molecule has 0 saturated carbocycles. The number of hydrogen-bond donors (Lipinski definition) is 1.